The molecular weight excluding hydrogens is 504 g/mol. The Bertz CT molecular complexity index is 1790. The van der Waals surface area contributed by atoms with Gasteiger partial charge in [-0.2, -0.15) is 4.68 Å². The van der Waals surface area contributed by atoms with Gasteiger partial charge in [-0.25, -0.2) is 4.98 Å². The summed E-state index contributed by atoms with van der Waals surface area (Å²) in [7, 11) is 0. The quantitative estimate of drug-likeness (QED) is 0.368. The number of nitrogens with zero attached hydrogens (tertiary/aromatic N) is 6. The zero-order valence-corrected chi connectivity index (χ0v) is 21.0. The molecule has 0 unspecified atom stereocenters. The lowest BCUT2D eigenvalue weighted by Crippen LogP contribution is -2.25. The van der Waals surface area contributed by atoms with E-state index in [1.165, 1.54) is 6.33 Å². The number of halogens is 1. The number of hydrogen-bond acceptors (Lipinski definition) is 6. The summed E-state index contributed by atoms with van der Waals surface area (Å²) in [6, 6.07) is 14.7. The van der Waals surface area contributed by atoms with E-state index in [-0.39, 0.29) is 23.4 Å². The van der Waals surface area contributed by atoms with E-state index in [0.717, 1.165) is 57.3 Å². The van der Waals surface area contributed by atoms with Crippen molar-refractivity contribution in [3.63, 3.8) is 0 Å². The van der Waals surface area contributed by atoms with Gasteiger partial charge in [-0.05, 0) is 75.9 Å². The van der Waals surface area contributed by atoms with E-state index in [1.54, 1.807) is 23.0 Å². The molecule has 0 saturated carbocycles. The number of aromatic amines is 1. The van der Waals surface area contributed by atoms with Crippen LogP contribution in [0.15, 0.2) is 65.8 Å². The molecule has 0 aliphatic carbocycles. The zero-order valence-electron chi connectivity index (χ0n) is 20.2. The van der Waals surface area contributed by atoms with Crippen molar-refractivity contribution in [3.8, 4) is 28.1 Å². The molecule has 5 aromatic rings. The van der Waals surface area contributed by atoms with Gasteiger partial charge in [0.25, 0.3) is 5.56 Å². The van der Waals surface area contributed by atoms with E-state index in [2.05, 4.69) is 37.7 Å². The Morgan fingerprint density at radius 3 is 2.79 bits per heavy atom. The van der Waals surface area contributed by atoms with Gasteiger partial charge in [-0.1, -0.05) is 24.6 Å². The van der Waals surface area contributed by atoms with Crippen LogP contribution in [-0.2, 0) is 17.6 Å². The van der Waals surface area contributed by atoms with Gasteiger partial charge in [0.1, 0.15) is 12.2 Å². The highest BCUT2D eigenvalue weighted by Gasteiger charge is 2.34. The second kappa shape index (κ2) is 8.49. The van der Waals surface area contributed by atoms with Crippen LogP contribution in [0, 0.1) is 5.92 Å². The molecule has 11 heteroatoms. The number of carbonyl (C=O) groups excluding carboxylic acids is 1. The molecule has 2 aromatic carbocycles. The molecule has 3 aromatic heterocycles. The van der Waals surface area contributed by atoms with E-state index in [0.29, 0.717) is 11.4 Å². The third-order valence-corrected chi connectivity index (χ3v) is 7.51. The maximum absolute atomic E-state index is 13.6. The number of hydrogen-bond donors (Lipinski definition) is 2. The zero-order chi connectivity index (χ0) is 26.0. The van der Waals surface area contributed by atoms with Gasteiger partial charge in [0.15, 0.2) is 0 Å². The Labute approximate surface area is 221 Å². The fourth-order valence-electron chi connectivity index (χ4n) is 5.59. The Morgan fingerprint density at radius 1 is 1.05 bits per heavy atom. The molecule has 7 rings (SSSR count). The molecule has 0 saturated heterocycles. The Balaban J connectivity index is 1.26. The van der Waals surface area contributed by atoms with Crippen molar-refractivity contribution in [2.45, 2.75) is 25.8 Å². The molecular formula is C27H21ClN8O2. The molecule has 0 fully saturated rings. The minimum Gasteiger partial charge on any atom is -0.340 e. The molecule has 1 amide bonds. The maximum atomic E-state index is 13.6. The highest BCUT2D eigenvalue weighted by molar-refractivity contribution is 6.31. The van der Waals surface area contributed by atoms with Gasteiger partial charge in [0.05, 0.1) is 30.0 Å². The molecule has 10 nitrogen and oxygen atoms in total. The summed E-state index contributed by atoms with van der Waals surface area (Å²) in [6.07, 6.45) is 4.39. The van der Waals surface area contributed by atoms with Crippen LogP contribution in [0.2, 0.25) is 5.02 Å². The molecule has 2 N–H and O–H groups in total. The van der Waals surface area contributed by atoms with Crippen LogP contribution in [0.3, 0.4) is 0 Å². The van der Waals surface area contributed by atoms with Crippen LogP contribution in [0.4, 0.5) is 5.69 Å². The van der Waals surface area contributed by atoms with Crippen LogP contribution in [0.5, 0.6) is 0 Å². The van der Waals surface area contributed by atoms with Crippen molar-refractivity contribution in [3.05, 3.63) is 93.5 Å². The highest BCUT2D eigenvalue weighted by atomic mass is 35.5. The Morgan fingerprint density at radius 2 is 1.95 bits per heavy atom. The third-order valence-electron chi connectivity index (χ3n) is 7.28. The van der Waals surface area contributed by atoms with Gasteiger partial charge in [0.2, 0.25) is 5.91 Å². The third kappa shape index (κ3) is 3.64. The first-order chi connectivity index (χ1) is 18.4. The normalized spacial score (nSPS) is 17.9. The smallest absolute Gasteiger partial charge is 0.252 e. The number of fused-ring (bicyclic) bond motifs is 2. The SMILES string of the molecule is C[C@H]1Cc2cc(-c3cc(Cl)ccc3-n3cnnn3)cc(=O)n2[C@@H]1c1ncc(-c2ccc3c(c2)CC(=O)N3)[nH]1. The number of anilines is 1. The molecule has 2 aliphatic heterocycles. The number of rotatable bonds is 4. The number of aromatic nitrogens is 7. The van der Waals surface area contributed by atoms with Crippen molar-refractivity contribution < 1.29 is 4.79 Å². The highest BCUT2D eigenvalue weighted by Crippen LogP contribution is 2.37. The molecule has 2 atom stereocenters. The first-order valence-corrected chi connectivity index (χ1v) is 12.6. The molecule has 188 valence electrons. The largest absolute Gasteiger partial charge is 0.340 e. The van der Waals surface area contributed by atoms with Crippen molar-refractivity contribution in [1.29, 1.82) is 0 Å². The lowest BCUT2D eigenvalue weighted by Gasteiger charge is -2.17. The van der Waals surface area contributed by atoms with E-state index in [9.17, 15) is 9.59 Å². The maximum Gasteiger partial charge on any atom is 0.252 e. The van der Waals surface area contributed by atoms with Gasteiger partial charge in [-0.3, -0.25) is 9.59 Å². The number of pyridine rings is 1. The van der Waals surface area contributed by atoms with Gasteiger partial charge >= 0.3 is 0 Å². The molecule has 2 aliphatic rings. The summed E-state index contributed by atoms with van der Waals surface area (Å²) in [6.45, 7) is 2.12. The summed E-state index contributed by atoms with van der Waals surface area (Å²) in [5, 5.41) is 14.9. The van der Waals surface area contributed by atoms with Crippen molar-refractivity contribution in [1.82, 2.24) is 34.7 Å². The number of tetrazole rings is 1. The van der Waals surface area contributed by atoms with E-state index in [4.69, 9.17) is 11.6 Å². The van der Waals surface area contributed by atoms with Gasteiger partial charge in [-0.15, -0.1) is 5.10 Å². The van der Waals surface area contributed by atoms with Gasteiger partial charge < -0.3 is 14.9 Å². The molecule has 0 bridgehead atoms. The Kier molecular flexibility index (Phi) is 5.05. The monoisotopic (exact) mass is 524 g/mol. The number of amides is 1. The second-order valence-corrected chi connectivity index (χ2v) is 10.2. The minimum atomic E-state index is -0.226. The number of nitrogens with one attached hydrogen (secondary N) is 2. The van der Waals surface area contributed by atoms with E-state index < -0.39 is 0 Å². The van der Waals surface area contributed by atoms with Crippen molar-refractivity contribution >= 4 is 23.2 Å². The summed E-state index contributed by atoms with van der Waals surface area (Å²) in [4.78, 5) is 33.4. The number of benzene rings is 2. The summed E-state index contributed by atoms with van der Waals surface area (Å²) < 4.78 is 3.38. The summed E-state index contributed by atoms with van der Waals surface area (Å²) >= 11 is 6.33. The molecule has 0 radical (unpaired) electrons. The number of H-pyrrole nitrogens is 1. The second-order valence-electron chi connectivity index (χ2n) is 9.76. The summed E-state index contributed by atoms with van der Waals surface area (Å²) in [5.41, 5.74) is 6.67. The standard InChI is InChI=1S/C27H21ClN8O2/c1-14-6-19-8-16(20-11-18(28)3-5-23(20)35-13-30-33-34-35)10-25(38)36(19)26(14)27-29-12-22(32-27)15-2-4-21-17(7-15)9-24(37)31-21/h2-5,7-8,10-14,26H,6,9H2,1H3,(H,29,32)(H,31,37)/t14-,26-/m0/s1. The average molecular weight is 525 g/mol. The van der Waals surface area contributed by atoms with Crippen LogP contribution >= 0.6 is 11.6 Å². The predicted octanol–water partition coefficient (Wildman–Crippen LogP) is 3.81. The topological polar surface area (TPSA) is 123 Å². The Hall–Kier alpha value is -4.57. The first-order valence-electron chi connectivity index (χ1n) is 12.2. The van der Waals surface area contributed by atoms with E-state index in [1.807, 2.05) is 41.0 Å². The average Bonchev–Trinajstić information content (AvgIpc) is 3.69. The van der Waals surface area contributed by atoms with Crippen molar-refractivity contribution in [2.75, 3.05) is 5.32 Å². The molecule has 38 heavy (non-hydrogen) atoms. The fraction of sp³-hybridized carbons (Fsp3) is 0.185. The first kappa shape index (κ1) is 22.6. The molecule has 0 spiro atoms. The van der Waals surface area contributed by atoms with Crippen LogP contribution < -0.4 is 10.9 Å². The predicted molar refractivity (Wildman–Crippen MR) is 141 cm³/mol. The van der Waals surface area contributed by atoms with Crippen LogP contribution in [0.1, 0.15) is 30.0 Å². The van der Waals surface area contributed by atoms with Crippen LogP contribution in [0.25, 0.3) is 28.1 Å². The molecule has 5 heterocycles. The van der Waals surface area contributed by atoms with Gasteiger partial charge in [0, 0.05) is 28.0 Å². The number of imidazole rings is 1. The lowest BCUT2D eigenvalue weighted by molar-refractivity contribution is -0.115. The van der Waals surface area contributed by atoms with E-state index >= 15 is 0 Å². The number of carbonyl (C=O) groups is 1. The summed E-state index contributed by atoms with van der Waals surface area (Å²) in [5.74, 6) is 0.880. The minimum absolute atomic E-state index is 0.000400. The fourth-order valence-corrected chi connectivity index (χ4v) is 5.76. The van der Waals surface area contributed by atoms with Crippen LogP contribution in [-0.4, -0.2) is 40.6 Å². The van der Waals surface area contributed by atoms with Crippen molar-refractivity contribution in [2.24, 2.45) is 5.92 Å². The lowest BCUT2D eigenvalue weighted by atomic mass is 10.00.